The first-order valence-corrected chi connectivity index (χ1v) is 9.51. The van der Waals surface area contributed by atoms with Crippen LogP contribution < -0.4 is 10.7 Å². The molecule has 0 aliphatic carbocycles. The Morgan fingerprint density at radius 3 is 2.50 bits per heavy atom. The number of amides is 1. The van der Waals surface area contributed by atoms with Gasteiger partial charge in [-0.3, -0.25) is 9.59 Å². The summed E-state index contributed by atoms with van der Waals surface area (Å²) in [4.78, 5) is 25.8. The SMILES string of the molecule is CC[C@@H](C)[C@@H](CO)NC(=O)c1cccc2c(=O)c(C)c(-c3ccccc3)oc12. The van der Waals surface area contributed by atoms with Gasteiger partial charge in [-0.05, 0) is 25.0 Å². The van der Waals surface area contributed by atoms with E-state index in [9.17, 15) is 14.7 Å². The average molecular weight is 379 g/mol. The second-order valence-electron chi connectivity index (χ2n) is 7.08. The molecule has 0 aliphatic heterocycles. The first-order chi connectivity index (χ1) is 13.5. The van der Waals surface area contributed by atoms with Gasteiger partial charge in [0.15, 0.2) is 11.0 Å². The van der Waals surface area contributed by atoms with Gasteiger partial charge in [-0.15, -0.1) is 0 Å². The molecule has 5 nitrogen and oxygen atoms in total. The molecule has 0 unspecified atom stereocenters. The van der Waals surface area contributed by atoms with Crippen LogP contribution in [0.15, 0.2) is 57.7 Å². The molecular weight excluding hydrogens is 354 g/mol. The zero-order chi connectivity index (χ0) is 20.3. The Hall–Kier alpha value is -2.92. The van der Waals surface area contributed by atoms with Gasteiger partial charge in [0.1, 0.15) is 5.76 Å². The fourth-order valence-corrected chi connectivity index (χ4v) is 3.25. The maximum Gasteiger partial charge on any atom is 0.255 e. The van der Waals surface area contributed by atoms with Crippen LogP contribution in [-0.4, -0.2) is 23.7 Å². The van der Waals surface area contributed by atoms with E-state index in [-0.39, 0.29) is 41.0 Å². The Kier molecular flexibility index (Phi) is 5.95. The van der Waals surface area contributed by atoms with Gasteiger partial charge in [-0.1, -0.05) is 56.7 Å². The van der Waals surface area contributed by atoms with Crippen LogP contribution in [0, 0.1) is 12.8 Å². The van der Waals surface area contributed by atoms with Crippen LogP contribution in [0.25, 0.3) is 22.3 Å². The van der Waals surface area contributed by atoms with Crippen LogP contribution in [-0.2, 0) is 0 Å². The molecule has 2 atom stereocenters. The number of aliphatic hydroxyl groups excluding tert-OH is 1. The molecule has 2 aromatic carbocycles. The van der Waals surface area contributed by atoms with Gasteiger partial charge >= 0.3 is 0 Å². The third-order valence-electron chi connectivity index (χ3n) is 5.27. The molecule has 0 fully saturated rings. The Morgan fingerprint density at radius 1 is 1.14 bits per heavy atom. The summed E-state index contributed by atoms with van der Waals surface area (Å²) in [6, 6.07) is 14.0. The number of benzene rings is 2. The van der Waals surface area contributed by atoms with Crippen molar-refractivity contribution < 1.29 is 14.3 Å². The molecule has 0 spiro atoms. The number of para-hydroxylation sites is 1. The highest BCUT2D eigenvalue weighted by atomic mass is 16.3. The fraction of sp³-hybridized carbons (Fsp3) is 0.304. The van der Waals surface area contributed by atoms with E-state index < -0.39 is 0 Å². The summed E-state index contributed by atoms with van der Waals surface area (Å²) >= 11 is 0. The summed E-state index contributed by atoms with van der Waals surface area (Å²) in [5.74, 6) is 0.216. The minimum atomic E-state index is -0.365. The normalized spacial score (nSPS) is 13.3. The van der Waals surface area contributed by atoms with Crippen LogP contribution in [0.4, 0.5) is 0 Å². The highest BCUT2D eigenvalue weighted by molar-refractivity contribution is 6.05. The van der Waals surface area contributed by atoms with Gasteiger partial charge < -0.3 is 14.8 Å². The van der Waals surface area contributed by atoms with Crippen LogP contribution in [0.3, 0.4) is 0 Å². The molecular formula is C23H25NO4. The van der Waals surface area contributed by atoms with Gasteiger partial charge in [0.25, 0.3) is 5.91 Å². The number of rotatable bonds is 6. The summed E-state index contributed by atoms with van der Waals surface area (Å²) in [5, 5.41) is 12.9. The molecule has 5 heteroatoms. The molecule has 1 aromatic heterocycles. The van der Waals surface area contributed by atoms with Crippen molar-refractivity contribution in [3.8, 4) is 11.3 Å². The fourth-order valence-electron chi connectivity index (χ4n) is 3.25. The lowest BCUT2D eigenvalue weighted by molar-refractivity contribution is 0.0892. The van der Waals surface area contributed by atoms with Gasteiger partial charge in [-0.25, -0.2) is 0 Å². The van der Waals surface area contributed by atoms with Crippen LogP contribution in [0.2, 0.25) is 0 Å². The minimum absolute atomic E-state index is 0.123. The number of nitrogens with one attached hydrogen (secondary N) is 1. The molecule has 1 amide bonds. The van der Waals surface area contributed by atoms with E-state index in [1.807, 2.05) is 44.2 Å². The Bertz CT molecular complexity index is 1040. The maximum absolute atomic E-state index is 12.9. The van der Waals surface area contributed by atoms with Gasteiger partial charge in [-0.2, -0.15) is 0 Å². The lowest BCUT2D eigenvalue weighted by Gasteiger charge is -2.22. The second-order valence-corrected chi connectivity index (χ2v) is 7.08. The second kappa shape index (κ2) is 8.40. The van der Waals surface area contributed by atoms with Crippen molar-refractivity contribution in [1.29, 1.82) is 0 Å². The molecule has 2 N–H and O–H groups in total. The van der Waals surface area contributed by atoms with Crippen molar-refractivity contribution in [3.63, 3.8) is 0 Å². The largest absolute Gasteiger partial charge is 0.455 e. The average Bonchev–Trinajstić information content (AvgIpc) is 2.74. The number of carbonyl (C=O) groups is 1. The van der Waals surface area contributed by atoms with E-state index in [0.29, 0.717) is 16.7 Å². The summed E-state index contributed by atoms with van der Waals surface area (Å²) in [6.45, 7) is 5.56. The van der Waals surface area contributed by atoms with Crippen molar-refractivity contribution in [1.82, 2.24) is 5.32 Å². The smallest absolute Gasteiger partial charge is 0.255 e. The first kappa shape index (κ1) is 19.8. The summed E-state index contributed by atoms with van der Waals surface area (Å²) in [6.07, 6.45) is 0.827. The third kappa shape index (κ3) is 3.71. The van der Waals surface area contributed by atoms with Crippen LogP contribution in [0.5, 0.6) is 0 Å². The Labute approximate surface area is 164 Å². The molecule has 3 rings (SSSR count). The van der Waals surface area contributed by atoms with Crippen molar-refractivity contribution >= 4 is 16.9 Å². The van der Waals surface area contributed by atoms with Crippen LogP contribution >= 0.6 is 0 Å². The molecule has 0 saturated heterocycles. The van der Waals surface area contributed by atoms with E-state index in [4.69, 9.17) is 4.42 Å². The predicted molar refractivity (Wildman–Crippen MR) is 110 cm³/mol. The minimum Gasteiger partial charge on any atom is -0.455 e. The zero-order valence-corrected chi connectivity index (χ0v) is 16.4. The molecule has 0 bridgehead atoms. The summed E-state index contributed by atoms with van der Waals surface area (Å²) in [5.41, 5.74) is 1.67. The molecule has 3 aromatic rings. The van der Waals surface area contributed by atoms with Gasteiger partial charge in [0.05, 0.1) is 23.6 Å². The van der Waals surface area contributed by atoms with Crippen LogP contribution in [0.1, 0.15) is 36.2 Å². The van der Waals surface area contributed by atoms with Crippen molar-refractivity contribution in [2.24, 2.45) is 5.92 Å². The van der Waals surface area contributed by atoms with Crippen molar-refractivity contribution in [3.05, 3.63) is 69.9 Å². The van der Waals surface area contributed by atoms with E-state index in [0.717, 1.165) is 12.0 Å². The van der Waals surface area contributed by atoms with E-state index in [2.05, 4.69) is 5.32 Å². The quantitative estimate of drug-likeness (QED) is 0.681. The van der Waals surface area contributed by atoms with E-state index in [1.165, 1.54) is 0 Å². The topological polar surface area (TPSA) is 79.5 Å². The van der Waals surface area contributed by atoms with Crippen molar-refractivity contribution in [2.45, 2.75) is 33.2 Å². The Morgan fingerprint density at radius 2 is 1.86 bits per heavy atom. The Balaban J connectivity index is 2.13. The zero-order valence-electron chi connectivity index (χ0n) is 16.4. The highest BCUT2D eigenvalue weighted by Crippen LogP contribution is 2.27. The standard InChI is InChI=1S/C23H25NO4/c1-4-14(2)19(13-25)24-23(27)18-12-8-11-17-20(26)15(3)21(28-22(17)18)16-9-6-5-7-10-16/h5-12,14,19,25H,4,13H2,1-3H3,(H,24,27)/t14-,19-/m1/s1. The summed E-state index contributed by atoms with van der Waals surface area (Å²) < 4.78 is 6.09. The number of aliphatic hydroxyl groups is 1. The number of hydrogen-bond donors (Lipinski definition) is 2. The van der Waals surface area contributed by atoms with E-state index >= 15 is 0 Å². The lowest BCUT2D eigenvalue weighted by atomic mass is 9.99. The lowest BCUT2D eigenvalue weighted by Crippen LogP contribution is -2.42. The monoisotopic (exact) mass is 379 g/mol. The number of hydrogen-bond acceptors (Lipinski definition) is 4. The predicted octanol–water partition coefficient (Wildman–Crippen LogP) is 3.91. The molecule has 0 aliphatic rings. The maximum atomic E-state index is 12.9. The molecule has 0 saturated carbocycles. The molecule has 0 radical (unpaired) electrons. The molecule has 1 heterocycles. The highest BCUT2D eigenvalue weighted by Gasteiger charge is 2.22. The summed E-state index contributed by atoms with van der Waals surface area (Å²) in [7, 11) is 0. The molecule has 146 valence electrons. The third-order valence-corrected chi connectivity index (χ3v) is 5.27. The number of fused-ring (bicyclic) bond motifs is 1. The number of carbonyl (C=O) groups excluding carboxylic acids is 1. The van der Waals surface area contributed by atoms with Gasteiger partial charge in [0, 0.05) is 11.1 Å². The van der Waals surface area contributed by atoms with Crippen molar-refractivity contribution in [2.75, 3.05) is 6.61 Å². The molecule has 28 heavy (non-hydrogen) atoms. The van der Waals surface area contributed by atoms with Gasteiger partial charge in [0.2, 0.25) is 0 Å². The van der Waals surface area contributed by atoms with E-state index in [1.54, 1.807) is 25.1 Å². The first-order valence-electron chi connectivity index (χ1n) is 9.51.